The smallest absolute Gasteiger partial charge is 0.0346 e. The third-order valence-corrected chi connectivity index (χ3v) is 3.60. The molecule has 2 heteroatoms. The van der Waals surface area contributed by atoms with Crippen molar-refractivity contribution in [2.45, 2.75) is 39.0 Å². The van der Waals surface area contributed by atoms with Gasteiger partial charge in [0.15, 0.2) is 0 Å². The number of hydrogen-bond donors (Lipinski definition) is 1. The highest BCUT2D eigenvalue weighted by atomic mass is 14.6. The highest BCUT2D eigenvalue weighted by Gasteiger charge is 2.09. The van der Waals surface area contributed by atoms with E-state index < -0.39 is 0 Å². The van der Waals surface area contributed by atoms with Gasteiger partial charge in [0.1, 0.15) is 0 Å². The maximum atomic E-state index is 5.63. The fraction of sp³-hybridized carbons (Fsp3) is 0.438. The van der Waals surface area contributed by atoms with Gasteiger partial charge in [0, 0.05) is 17.8 Å². The molecular formula is C16H22N2. The van der Waals surface area contributed by atoms with Crippen molar-refractivity contribution in [2.24, 2.45) is 5.73 Å². The van der Waals surface area contributed by atoms with Crippen molar-refractivity contribution in [3.8, 4) is 0 Å². The standard InChI is InChI=1S/C16H22N2/c1-11(2)16-10-18-9-14-8-13(4-5-15(14)16)12(3)6-7-17/h4-5,8-12H,6-7,17H2,1-3H3. The number of benzene rings is 1. The normalized spacial score (nSPS) is 13.2. The zero-order chi connectivity index (χ0) is 13.1. The Labute approximate surface area is 109 Å². The number of aromatic nitrogens is 1. The van der Waals surface area contributed by atoms with Crippen LogP contribution in [0.15, 0.2) is 30.6 Å². The Balaban J connectivity index is 2.47. The second kappa shape index (κ2) is 5.49. The van der Waals surface area contributed by atoms with Crippen LogP contribution in [0.5, 0.6) is 0 Å². The molecule has 0 radical (unpaired) electrons. The summed E-state index contributed by atoms with van der Waals surface area (Å²) >= 11 is 0. The molecule has 1 unspecified atom stereocenters. The molecule has 96 valence electrons. The number of rotatable bonds is 4. The molecule has 0 saturated heterocycles. The van der Waals surface area contributed by atoms with Crippen LogP contribution in [0.25, 0.3) is 10.8 Å². The lowest BCUT2D eigenvalue weighted by molar-refractivity contribution is 0.691. The Bertz CT molecular complexity index is 532. The molecule has 1 heterocycles. The molecule has 1 aromatic heterocycles. The largest absolute Gasteiger partial charge is 0.330 e. The molecule has 2 N–H and O–H groups in total. The predicted molar refractivity (Wildman–Crippen MR) is 77.9 cm³/mol. The Morgan fingerprint density at radius 2 is 1.94 bits per heavy atom. The number of nitrogens with zero attached hydrogens (tertiary/aromatic N) is 1. The maximum Gasteiger partial charge on any atom is 0.0346 e. The van der Waals surface area contributed by atoms with Crippen LogP contribution in [0.2, 0.25) is 0 Å². The average molecular weight is 242 g/mol. The summed E-state index contributed by atoms with van der Waals surface area (Å²) in [4.78, 5) is 4.36. The van der Waals surface area contributed by atoms with Crippen molar-refractivity contribution >= 4 is 10.8 Å². The van der Waals surface area contributed by atoms with Gasteiger partial charge in [-0.1, -0.05) is 32.9 Å². The third-order valence-electron chi connectivity index (χ3n) is 3.60. The Morgan fingerprint density at radius 1 is 1.17 bits per heavy atom. The molecule has 0 spiro atoms. The first-order valence-electron chi connectivity index (χ1n) is 6.71. The molecule has 2 aromatic rings. The van der Waals surface area contributed by atoms with E-state index in [0.29, 0.717) is 11.8 Å². The van der Waals surface area contributed by atoms with Crippen LogP contribution in [0, 0.1) is 0 Å². The highest BCUT2D eigenvalue weighted by molar-refractivity contribution is 5.85. The van der Waals surface area contributed by atoms with Gasteiger partial charge in [0.05, 0.1) is 0 Å². The molecule has 0 aliphatic carbocycles. The summed E-state index contributed by atoms with van der Waals surface area (Å²) in [6.45, 7) is 7.39. The molecule has 1 aromatic carbocycles. The van der Waals surface area contributed by atoms with E-state index in [1.54, 1.807) is 0 Å². The summed E-state index contributed by atoms with van der Waals surface area (Å²) in [6, 6.07) is 6.72. The van der Waals surface area contributed by atoms with Crippen molar-refractivity contribution < 1.29 is 0 Å². The van der Waals surface area contributed by atoms with E-state index >= 15 is 0 Å². The lowest BCUT2D eigenvalue weighted by atomic mass is 9.93. The fourth-order valence-corrected chi connectivity index (χ4v) is 2.40. The van der Waals surface area contributed by atoms with E-state index in [0.717, 1.165) is 13.0 Å². The van der Waals surface area contributed by atoms with Crippen LogP contribution in [0.4, 0.5) is 0 Å². The Morgan fingerprint density at radius 3 is 2.61 bits per heavy atom. The van der Waals surface area contributed by atoms with E-state index in [4.69, 9.17) is 5.73 Å². The summed E-state index contributed by atoms with van der Waals surface area (Å²) < 4.78 is 0. The maximum absolute atomic E-state index is 5.63. The molecule has 0 aliphatic heterocycles. The number of fused-ring (bicyclic) bond motifs is 1. The van der Waals surface area contributed by atoms with Gasteiger partial charge in [-0.25, -0.2) is 0 Å². The second-order valence-corrected chi connectivity index (χ2v) is 5.34. The van der Waals surface area contributed by atoms with Crippen LogP contribution in [-0.4, -0.2) is 11.5 Å². The zero-order valence-electron chi connectivity index (χ0n) is 11.5. The molecule has 0 aliphatic rings. The SMILES string of the molecule is CC(C)c1cncc2cc(C(C)CCN)ccc12. The quantitative estimate of drug-likeness (QED) is 0.885. The molecule has 0 saturated carbocycles. The molecule has 18 heavy (non-hydrogen) atoms. The topological polar surface area (TPSA) is 38.9 Å². The Kier molecular flexibility index (Phi) is 3.97. The van der Waals surface area contributed by atoms with Crippen molar-refractivity contribution in [3.05, 3.63) is 41.7 Å². The van der Waals surface area contributed by atoms with Crippen molar-refractivity contribution in [1.82, 2.24) is 4.98 Å². The summed E-state index contributed by atoms with van der Waals surface area (Å²) in [5.74, 6) is 1.02. The van der Waals surface area contributed by atoms with Gasteiger partial charge in [-0.2, -0.15) is 0 Å². The lowest BCUT2D eigenvalue weighted by Crippen LogP contribution is -2.04. The second-order valence-electron chi connectivity index (χ2n) is 5.34. The highest BCUT2D eigenvalue weighted by Crippen LogP contribution is 2.28. The molecule has 0 fully saturated rings. The van der Waals surface area contributed by atoms with E-state index in [1.807, 2.05) is 12.4 Å². The molecule has 0 bridgehead atoms. The summed E-state index contributed by atoms with van der Waals surface area (Å²) in [6.07, 6.45) is 4.97. The van der Waals surface area contributed by atoms with Crippen LogP contribution < -0.4 is 5.73 Å². The van der Waals surface area contributed by atoms with E-state index in [-0.39, 0.29) is 0 Å². The van der Waals surface area contributed by atoms with Gasteiger partial charge in [-0.3, -0.25) is 4.98 Å². The van der Waals surface area contributed by atoms with Crippen LogP contribution in [0.1, 0.15) is 50.2 Å². The van der Waals surface area contributed by atoms with E-state index in [9.17, 15) is 0 Å². The van der Waals surface area contributed by atoms with Gasteiger partial charge in [-0.15, -0.1) is 0 Å². The van der Waals surface area contributed by atoms with Gasteiger partial charge in [0.2, 0.25) is 0 Å². The molecule has 2 nitrogen and oxygen atoms in total. The van der Waals surface area contributed by atoms with E-state index in [1.165, 1.54) is 21.9 Å². The Hall–Kier alpha value is -1.41. The summed E-state index contributed by atoms with van der Waals surface area (Å²) in [5.41, 5.74) is 8.31. The molecular weight excluding hydrogens is 220 g/mol. The van der Waals surface area contributed by atoms with Crippen LogP contribution in [-0.2, 0) is 0 Å². The van der Waals surface area contributed by atoms with Crippen molar-refractivity contribution in [3.63, 3.8) is 0 Å². The third kappa shape index (κ3) is 2.54. The minimum absolute atomic E-state index is 0.508. The molecule has 2 rings (SSSR count). The van der Waals surface area contributed by atoms with Crippen LogP contribution in [0.3, 0.4) is 0 Å². The lowest BCUT2D eigenvalue weighted by Gasteiger charge is -2.14. The molecule has 0 amide bonds. The molecule has 1 atom stereocenters. The van der Waals surface area contributed by atoms with Gasteiger partial charge in [0.25, 0.3) is 0 Å². The van der Waals surface area contributed by atoms with Gasteiger partial charge in [-0.05, 0) is 47.4 Å². The van der Waals surface area contributed by atoms with Gasteiger partial charge < -0.3 is 5.73 Å². The monoisotopic (exact) mass is 242 g/mol. The van der Waals surface area contributed by atoms with Crippen molar-refractivity contribution in [2.75, 3.05) is 6.54 Å². The predicted octanol–water partition coefficient (Wildman–Crippen LogP) is 3.81. The zero-order valence-corrected chi connectivity index (χ0v) is 11.5. The van der Waals surface area contributed by atoms with Gasteiger partial charge >= 0.3 is 0 Å². The fourth-order valence-electron chi connectivity index (χ4n) is 2.40. The van der Waals surface area contributed by atoms with Crippen molar-refractivity contribution in [1.29, 1.82) is 0 Å². The minimum atomic E-state index is 0.508. The summed E-state index contributed by atoms with van der Waals surface area (Å²) in [7, 11) is 0. The number of hydrogen-bond acceptors (Lipinski definition) is 2. The first kappa shape index (κ1) is 13.0. The van der Waals surface area contributed by atoms with E-state index in [2.05, 4.69) is 44.0 Å². The van der Waals surface area contributed by atoms with Crippen LogP contribution >= 0.6 is 0 Å². The first-order chi connectivity index (χ1) is 8.63. The summed E-state index contributed by atoms with van der Waals surface area (Å²) in [5, 5.41) is 2.56. The number of pyridine rings is 1. The minimum Gasteiger partial charge on any atom is -0.330 e. The number of nitrogens with two attached hydrogens (primary N) is 1. The average Bonchev–Trinajstić information content (AvgIpc) is 2.37. The first-order valence-corrected chi connectivity index (χ1v) is 6.71.